The Morgan fingerprint density at radius 3 is 2.47 bits per heavy atom. The van der Waals surface area contributed by atoms with Gasteiger partial charge in [-0.2, -0.15) is 0 Å². The summed E-state index contributed by atoms with van der Waals surface area (Å²) < 4.78 is 0. The summed E-state index contributed by atoms with van der Waals surface area (Å²) in [5, 5.41) is 2.16. The lowest BCUT2D eigenvalue weighted by Gasteiger charge is -2.18. The third kappa shape index (κ3) is 4.78. The van der Waals surface area contributed by atoms with E-state index in [0.717, 1.165) is 0 Å². The Bertz CT molecular complexity index is 242. The fourth-order valence-corrected chi connectivity index (χ4v) is 2.61. The highest BCUT2D eigenvalue weighted by atomic mass is 32.1. The molecular formula is C12H24N2S+2. The summed E-state index contributed by atoms with van der Waals surface area (Å²) in [7, 11) is 2.29. The number of hydrogen-bond acceptors (Lipinski definition) is 1. The fraction of sp³-hybridized carbons (Fsp3) is 0.667. The summed E-state index contributed by atoms with van der Waals surface area (Å²) in [6, 6.07) is 4.38. The molecule has 0 aliphatic rings. The molecule has 0 amide bonds. The molecule has 0 saturated heterocycles. The van der Waals surface area contributed by atoms with E-state index >= 15 is 0 Å². The van der Waals surface area contributed by atoms with Crippen molar-refractivity contribution in [2.45, 2.75) is 20.4 Å². The van der Waals surface area contributed by atoms with Crippen LogP contribution in [0.4, 0.5) is 0 Å². The van der Waals surface area contributed by atoms with Gasteiger partial charge >= 0.3 is 0 Å². The summed E-state index contributed by atoms with van der Waals surface area (Å²) in [4.78, 5) is 4.83. The molecule has 0 radical (unpaired) electrons. The van der Waals surface area contributed by atoms with E-state index < -0.39 is 0 Å². The minimum Gasteiger partial charge on any atom is -0.331 e. The number of rotatable bonds is 7. The van der Waals surface area contributed by atoms with Gasteiger partial charge in [0.25, 0.3) is 0 Å². The Hall–Kier alpha value is -0.380. The van der Waals surface area contributed by atoms with Crippen LogP contribution in [0.25, 0.3) is 0 Å². The molecule has 0 aliphatic carbocycles. The van der Waals surface area contributed by atoms with Crippen LogP contribution in [-0.2, 0) is 6.54 Å². The molecule has 0 aromatic carbocycles. The first kappa shape index (κ1) is 12.7. The predicted molar refractivity (Wildman–Crippen MR) is 66.7 cm³/mol. The molecule has 3 heteroatoms. The molecule has 2 nitrogen and oxygen atoms in total. The van der Waals surface area contributed by atoms with Gasteiger partial charge in [-0.15, -0.1) is 11.3 Å². The van der Waals surface area contributed by atoms with Crippen LogP contribution in [-0.4, -0.2) is 33.2 Å². The first-order chi connectivity index (χ1) is 7.26. The monoisotopic (exact) mass is 228 g/mol. The van der Waals surface area contributed by atoms with Crippen LogP contribution in [0.15, 0.2) is 17.5 Å². The molecule has 1 atom stereocenters. The van der Waals surface area contributed by atoms with Crippen LogP contribution in [0, 0.1) is 0 Å². The molecule has 0 bridgehead atoms. The molecule has 1 aromatic heterocycles. The third-order valence-corrected chi connectivity index (χ3v) is 3.84. The highest BCUT2D eigenvalue weighted by Crippen LogP contribution is 2.05. The second kappa shape index (κ2) is 6.99. The third-order valence-electron chi connectivity index (χ3n) is 2.96. The van der Waals surface area contributed by atoms with Crippen molar-refractivity contribution in [2.75, 3.05) is 33.2 Å². The maximum Gasteiger partial charge on any atom is 0.127 e. The van der Waals surface area contributed by atoms with E-state index in [1.54, 1.807) is 9.80 Å². The van der Waals surface area contributed by atoms with Gasteiger partial charge in [-0.25, -0.2) is 0 Å². The number of likely N-dealkylation sites (N-methyl/N-ethyl adjacent to an activating group) is 2. The Morgan fingerprint density at radius 1 is 1.20 bits per heavy atom. The zero-order valence-electron chi connectivity index (χ0n) is 10.2. The Balaban J connectivity index is 2.21. The first-order valence-electron chi connectivity index (χ1n) is 5.93. The van der Waals surface area contributed by atoms with Crippen molar-refractivity contribution in [1.82, 2.24) is 0 Å². The number of thiophene rings is 1. The summed E-state index contributed by atoms with van der Waals surface area (Å²) in [5.74, 6) is 0. The average Bonchev–Trinajstić information content (AvgIpc) is 2.72. The largest absolute Gasteiger partial charge is 0.331 e. The Morgan fingerprint density at radius 2 is 1.93 bits per heavy atom. The van der Waals surface area contributed by atoms with Crippen molar-refractivity contribution in [3.05, 3.63) is 22.4 Å². The standard InChI is InChI=1S/C12H22N2S/c1-4-14(5-2)9-8-13(3)11-12-7-6-10-15-12/h6-7,10H,4-5,8-9,11H2,1-3H3/p+2. The fourth-order valence-electron chi connectivity index (χ4n) is 1.79. The SMILES string of the molecule is CC[NH+](CC)CC[NH+](C)Cc1cccs1. The molecule has 0 aliphatic heterocycles. The van der Waals surface area contributed by atoms with Crippen LogP contribution < -0.4 is 9.80 Å². The predicted octanol–water partition coefficient (Wildman–Crippen LogP) is -0.312. The minimum absolute atomic E-state index is 1.18. The van der Waals surface area contributed by atoms with Crippen LogP contribution in [0.3, 0.4) is 0 Å². The molecule has 1 aromatic rings. The van der Waals surface area contributed by atoms with Crippen molar-refractivity contribution in [2.24, 2.45) is 0 Å². The number of hydrogen-bond donors (Lipinski definition) is 2. The van der Waals surface area contributed by atoms with Gasteiger partial charge in [0, 0.05) is 0 Å². The Kier molecular flexibility index (Phi) is 5.91. The van der Waals surface area contributed by atoms with Gasteiger partial charge < -0.3 is 9.80 Å². The number of nitrogens with one attached hydrogen (secondary N) is 2. The van der Waals surface area contributed by atoms with Crippen molar-refractivity contribution in [3.8, 4) is 0 Å². The van der Waals surface area contributed by atoms with E-state index in [2.05, 4.69) is 38.4 Å². The zero-order chi connectivity index (χ0) is 11.1. The molecule has 1 unspecified atom stereocenters. The van der Waals surface area contributed by atoms with Crippen molar-refractivity contribution in [3.63, 3.8) is 0 Å². The van der Waals surface area contributed by atoms with Crippen LogP contribution >= 0.6 is 11.3 Å². The quantitative estimate of drug-likeness (QED) is 0.633. The van der Waals surface area contributed by atoms with Crippen LogP contribution in [0.1, 0.15) is 18.7 Å². The molecule has 0 spiro atoms. The highest BCUT2D eigenvalue weighted by molar-refractivity contribution is 7.09. The first-order valence-corrected chi connectivity index (χ1v) is 6.81. The van der Waals surface area contributed by atoms with E-state index in [1.165, 1.54) is 37.6 Å². The summed E-state index contributed by atoms with van der Waals surface area (Å²) in [5.41, 5.74) is 0. The van der Waals surface area contributed by atoms with E-state index in [-0.39, 0.29) is 0 Å². The van der Waals surface area contributed by atoms with Crippen molar-refractivity contribution < 1.29 is 9.80 Å². The van der Waals surface area contributed by atoms with E-state index in [1.807, 2.05) is 11.3 Å². The summed E-state index contributed by atoms with van der Waals surface area (Å²) in [6.45, 7) is 10.8. The average molecular weight is 228 g/mol. The highest BCUT2D eigenvalue weighted by Gasteiger charge is 2.08. The zero-order valence-corrected chi connectivity index (χ0v) is 11.0. The van der Waals surface area contributed by atoms with Crippen molar-refractivity contribution >= 4 is 11.3 Å². The maximum absolute atomic E-state index is 2.29. The van der Waals surface area contributed by atoms with E-state index in [4.69, 9.17) is 0 Å². The molecule has 86 valence electrons. The molecule has 0 fully saturated rings. The van der Waals surface area contributed by atoms with E-state index in [0.29, 0.717) is 0 Å². The molecule has 2 N–H and O–H groups in total. The molecule has 1 rings (SSSR count). The lowest BCUT2D eigenvalue weighted by molar-refractivity contribution is -0.953. The second-order valence-electron chi connectivity index (χ2n) is 4.17. The maximum atomic E-state index is 2.29. The van der Waals surface area contributed by atoms with Gasteiger partial charge in [0.05, 0.1) is 25.0 Å². The lowest BCUT2D eigenvalue weighted by Crippen LogP contribution is -3.18. The van der Waals surface area contributed by atoms with Gasteiger partial charge in [0.2, 0.25) is 0 Å². The second-order valence-corrected chi connectivity index (χ2v) is 5.20. The van der Waals surface area contributed by atoms with Gasteiger partial charge in [-0.3, -0.25) is 0 Å². The van der Waals surface area contributed by atoms with Crippen LogP contribution in [0.5, 0.6) is 0 Å². The van der Waals surface area contributed by atoms with Crippen molar-refractivity contribution in [1.29, 1.82) is 0 Å². The minimum atomic E-state index is 1.18. The molecule has 0 saturated carbocycles. The Labute approximate surface area is 97.5 Å². The van der Waals surface area contributed by atoms with E-state index in [9.17, 15) is 0 Å². The normalized spacial score (nSPS) is 13.3. The van der Waals surface area contributed by atoms with Gasteiger partial charge in [-0.05, 0) is 25.3 Å². The topological polar surface area (TPSA) is 8.88 Å². The van der Waals surface area contributed by atoms with Gasteiger partial charge in [0.15, 0.2) is 0 Å². The molecular weight excluding hydrogens is 204 g/mol. The number of quaternary nitrogens is 2. The smallest absolute Gasteiger partial charge is 0.127 e. The van der Waals surface area contributed by atoms with Crippen LogP contribution in [0.2, 0.25) is 0 Å². The summed E-state index contributed by atoms with van der Waals surface area (Å²) >= 11 is 1.87. The summed E-state index contributed by atoms with van der Waals surface area (Å²) in [6.07, 6.45) is 0. The van der Waals surface area contributed by atoms with Gasteiger partial charge in [-0.1, -0.05) is 6.07 Å². The lowest BCUT2D eigenvalue weighted by atomic mass is 10.4. The molecule has 15 heavy (non-hydrogen) atoms. The van der Waals surface area contributed by atoms with Gasteiger partial charge in [0.1, 0.15) is 19.6 Å². The molecule has 1 heterocycles.